The lowest BCUT2D eigenvalue weighted by molar-refractivity contribution is 0.150. The van der Waals surface area contributed by atoms with Gasteiger partial charge in [-0.05, 0) is 12.1 Å². The summed E-state index contributed by atoms with van der Waals surface area (Å²) in [5.74, 6) is 0. The average Bonchev–Trinajstić information content (AvgIpc) is 2.88. The molecule has 1 aromatic rings. The van der Waals surface area contributed by atoms with Gasteiger partial charge in [-0.15, -0.1) is 11.3 Å². The Bertz CT molecular complexity index is 525. The van der Waals surface area contributed by atoms with Crippen molar-refractivity contribution in [3.63, 3.8) is 0 Å². The van der Waals surface area contributed by atoms with E-state index in [0.717, 1.165) is 11.3 Å². The summed E-state index contributed by atoms with van der Waals surface area (Å²) in [5.41, 5.74) is 0. The molecule has 0 radical (unpaired) electrons. The van der Waals surface area contributed by atoms with Crippen molar-refractivity contribution in [2.24, 2.45) is 0 Å². The van der Waals surface area contributed by atoms with E-state index in [9.17, 15) is 8.42 Å². The summed E-state index contributed by atoms with van der Waals surface area (Å²) in [5, 5.41) is 8.75. The first-order valence-electron chi connectivity index (χ1n) is 5.54. The number of nitriles is 1. The fraction of sp³-hybridized carbons (Fsp3) is 0.545. The summed E-state index contributed by atoms with van der Waals surface area (Å²) in [4.78, 5) is 0.372. The minimum absolute atomic E-state index is 0.163. The SMILES string of the molecule is COCCN(CCOC)S(=O)(=O)c1ccc(C#N)s1. The average molecular weight is 304 g/mol. The Balaban J connectivity index is 2.94. The van der Waals surface area contributed by atoms with Crippen molar-refractivity contribution in [2.45, 2.75) is 4.21 Å². The molecule has 0 aliphatic carbocycles. The van der Waals surface area contributed by atoms with Gasteiger partial charge in [0.1, 0.15) is 15.2 Å². The van der Waals surface area contributed by atoms with E-state index >= 15 is 0 Å². The second-order valence-electron chi connectivity index (χ2n) is 3.62. The van der Waals surface area contributed by atoms with E-state index in [0.29, 0.717) is 18.1 Å². The van der Waals surface area contributed by atoms with Crippen LogP contribution in [0.2, 0.25) is 0 Å². The largest absolute Gasteiger partial charge is 0.383 e. The first kappa shape index (κ1) is 16.1. The lowest BCUT2D eigenvalue weighted by Crippen LogP contribution is -2.36. The fourth-order valence-electron chi connectivity index (χ4n) is 1.38. The number of hydrogen-bond donors (Lipinski definition) is 0. The molecule has 0 bridgehead atoms. The number of ether oxygens (including phenoxy) is 2. The van der Waals surface area contributed by atoms with E-state index in [4.69, 9.17) is 14.7 Å². The third-order valence-electron chi connectivity index (χ3n) is 2.38. The predicted octanol–water partition coefficient (Wildman–Crippen LogP) is 0.903. The minimum Gasteiger partial charge on any atom is -0.383 e. The number of rotatable bonds is 8. The van der Waals surface area contributed by atoms with Gasteiger partial charge in [0.05, 0.1) is 13.2 Å². The molecule has 1 rings (SSSR count). The van der Waals surface area contributed by atoms with Crippen LogP contribution >= 0.6 is 11.3 Å². The number of nitrogens with zero attached hydrogens (tertiary/aromatic N) is 2. The van der Waals surface area contributed by atoms with Crippen LogP contribution in [-0.4, -0.2) is 53.2 Å². The molecule has 0 spiro atoms. The lowest BCUT2D eigenvalue weighted by Gasteiger charge is -2.20. The Morgan fingerprint density at radius 3 is 2.26 bits per heavy atom. The number of sulfonamides is 1. The summed E-state index contributed by atoms with van der Waals surface area (Å²) in [6.45, 7) is 1.11. The van der Waals surface area contributed by atoms with Gasteiger partial charge in [0.25, 0.3) is 10.0 Å². The molecule has 0 amide bonds. The molecule has 19 heavy (non-hydrogen) atoms. The molecule has 1 heterocycles. The molecule has 0 saturated carbocycles. The number of methoxy groups -OCH3 is 2. The van der Waals surface area contributed by atoms with Crippen LogP contribution in [0.25, 0.3) is 0 Å². The third-order valence-corrected chi connectivity index (χ3v) is 5.73. The Kier molecular flexibility index (Phi) is 6.41. The van der Waals surface area contributed by atoms with Crippen LogP contribution in [0.1, 0.15) is 4.88 Å². The van der Waals surface area contributed by atoms with Crippen molar-refractivity contribution >= 4 is 21.4 Å². The molecule has 0 fully saturated rings. The zero-order valence-electron chi connectivity index (χ0n) is 10.8. The van der Waals surface area contributed by atoms with Crippen LogP contribution in [0, 0.1) is 11.3 Å². The molecule has 106 valence electrons. The van der Waals surface area contributed by atoms with Gasteiger partial charge in [0.15, 0.2) is 0 Å². The Labute approximate surface area is 117 Å². The molecule has 0 aliphatic rings. The summed E-state index contributed by atoms with van der Waals surface area (Å²) >= 11 is 0.963. The molecule has 6 nitrogen and oxygen atoms in total. The lowest BCUT2D eigenvalue weighted by atomic mass is 10.5. The number of hydrogen-bond acceptors (Lipinski definition) is 6. The maximum Gasteiger partial charge on any atom is 0.252 e. The topological polar surface area (TPSA) is 79.6 Å². The maximum absolute atomic E-state index is 12.4. The van der Waals surface area contributed by atoms with Gasteiger partial charge < -0.3 is 9.47 Å². The van der Waals surface area contributed by atoms with Crippen molar-refractivity contribution in [1.82, 2.24) is 4.31 Å². The van der Waals surface area contributed by atoms with Gasteiger partial charge in [-0.2, -0.15) is 9.57 Å². The van der Waals surface area contributed by atoms with Crippen LogP contribution < -0.4 is 0 Å². The monoisotopic (exact) mass is 304 g/mol. The molecule has 0 aliphatic heterocycles. The van der Waals surface area contributed by atoms with Crippen molar-refractivity contribution in [2.75, 3.05) is 40.5 Å². The molecule has 0 unspecified atom stereocenters. The molecule has 8 heteroatoms. The van der Waals surface area contributed by atoms with Crippen LogP contribution in [-0.2, 0) is 19.5 Å². The Hall–Kier alpha value is -0.980. The van der Waals surface area contributed by atoms with Crippen LogP contribution in [0.3, 0.4) is 0 Å². The van der Waals surface area contributed by atoms with Gasteiger partial charge in [-0.3, -0.25) is 0 Å². The van der Waals surface area contributed by atoms with Gasteiger partial charge in [0.2, 0.25) is 0 Å². The first-order valence-corrected chi connectivity index (χ1v) is 7.80. The van der Waals surface area contributed by atoms with E-state index in [1.165, 1.54) is 30.7 Å². The first-order chi connectivity index (χ1) is 9.06. The normalized spacial score (nSPS) is 11.7. The highest BCUT2D eigenvalue weighted by Crippen LogP contribution is 2.24. The summed E-state index contributed by atoms with van der Waals surface area (Å²) < 4.78 is 36.1. The quantitative estimate of drug-likeness (QED) is 0.713. The molecule has 0 atom stereocenters. The van der Waals surface area contributed by atoms with Crippen LogP contribution in [0.5, 0.6) is 0 Å². The zero-order chi connectivity index (χ0) is 14.3. The van der Waals surface area contributed by atoms with Crippen molar-refractivity contribution < 1.29 is 17.9 Å². The van der Waals surface area contributed by atoms with Crippen LogP contribution in [0.4, 0.5) is 0 Å². The second kappa shape index (κ2) is 7.57. The van der Waals surface area contributed by atoms with E-state index in [1.807, 2.05) is 6.07 Å². The van der Waals surface area contributed by atoms with E-state index < -0.39 is 10.0 Å². The van der Waals surface area contributed by atoms with Crippen molar-refractivity contribution in [3.05, 3.63) is 17.0 Å². The Morgan fingerprint density at radius 1 is 1.26 bits per heavy atom. The van der Waals surface area contributed by atoms with Gasteiger partial charge >= 0.3 is 0 Å². The highest BCUT2D eigenvalue weighted by molar-refractivity contribution is 7.91. The van der Waals surface area contributed by atoms with Crippen LogP contribution in [0.15, 0.2) is 16.3 Å². The highest BCUT2D eigenvalue weighted by atomic mass is 32.2. The molecule has 0 aromatic carbocycles. The van der Waals surface area contributed by atoms with E-state index in [1.54, 1.807) is 0 Å². The van der Waals surface area contributed by atoms with Gasteiger partial charge in [0, 0.05) is 27.3 Å². The highest BCUT2D eigenvalue weighted by Gasteiger charge is 2.25. The molecular formula is C11H16N2O4S2. The summed E-state index contributed by atoms with van der Waals surface area (Å²) in [7, 11) is -0.566. The van der Waals surface area contributed by atoms with Crippen molar-refractivity contribution in [1.29, 1.82) is 5.26 Å². The predicted molar refractivity (Wildman–Crippen MR) is 71.5 cm³/mol. The summed E-state index contributed by atoms with van der Waals surface area (Å²) in [6, 6.07) is 4.88. The molecule has 0 N–H and O–H groups in total. The smallest absolute Gasteiger partial charge is 0.252 e. The molecule has 0 saturated heterocycles. The third kappa shape index (κ3) is 4.26. The zero-order valence-corrected chi connectivity index (χ0v) is 12.5. The second-order valence-corrected chi connectivity index (χ2v) is 6.87. The van der Waals surface area contributed by atoms with E-state index in [2.05, 4.69) is 0 Å². The molecular weight excluding hydrogens is 288 g/mol. The fourth-order valence-corrected chi connectivity index (χ4v) is 4.05. The number of thiophene rings is 1. The van der Waals surface area contributed by atoms with Gasteiger partial charge in [-0.1, -0.05) is 0 Å². The molecule has 1 aromatic heterocycles. The Morgan fingerprint density at radius 2 is 1.84 bits per heavy atom. The van der Waals surface area contributed by atoms with E-state index in [-0.39, 0.29) is 17.3 Å². The van der Waals surface area contributed by atoms with Gasteiger partial charge in [-0.25, -0.2) is 8.42 Å². The van der Waals surface area contributed by atoms with Crippen molar-refractivity contribution in [3.8, 4) is 6.07 Å². The summed E-state index contributed by atoms with van der Waals surface area (Å²) in [6.07, 6.45) is 0. The standard InChI is InChI=1S/C11H16N2O4S2/c1-16-7-5-13(6-8-17-2)19(14,15)11-4-3-10(9-12)18-11/h3-4H,5-8H2,1-2H3. The minimum atomic E-state index is -3.59. The maximum atomic E-state index is 12.4.